The number of unbranched alkanes of at least 4 members (excludes halogenated alkanes) is 13. The van der Waals surface area contributed by atoms with Crippen molar-refractivity contribution >= 4 is 11.9 Å². The molecule has 11 nitrogen and oxygen atoms in total. The molecule has 0 heterocycles. The van der Waals surface area contributed by atoms with Crippen LogP contribution in [-0.2, 0) is 52.2 Å². The van der Waals surface area contributed by atoms with Crippen molar-refractivity contribution in [3.05, 3.63) is 0 Å². The molecule has 0 aliphatic carbocycles. The maximum Gasteiger partial charge on any atom is 0.305 e. The third kappa shape index (κ3) is 40.8. The van der Waals surface area contributed by atoms with Gasteiger partial charge in [-0.2, -0.15) is 0 Å². The smallest absolute Gasteiger partial charge is 0.305 e. The second-order valence-electron chi connectivity index (χ2n) is 11.8. The number of carbonyl (C=O) groups excluding carboxylic acids is 2. The van der Waals surface area contributed by atoms with E-state index in [2.05, 4.69) is 13.8 Å². The summed E-state index contributed by atoms with van der Waals surface area (Å²) < 4.78 is 48.6. The van der Waals surface area contributed by atoms with Gasteiger partial charge in [-0.15, -0.1) is 0 Å². The Labute approximate surface area is 292 Å². The summed E-state index contributed by atoms with van der Waals surface area (Å²) in [5.74, 6) is -0.281. The number of rotatable bonds is 41. The average molecular weight is 693 g/mol. The molecule has 0 atom stereocenters. The minimum absolute atomic E-state index is 0.137. The molecular formula is C37H72O11. The topological polar surface area (TPSA) is 117 Å². The van der Waals surface area contributed by atoms with Crippen molar-refractivity contribution in [1.29, 1.82) is 0 Å². The van der Waals surface area contributed by atoms with E-state index in [1.807, 2.05) is 0 Å². The van der Waals surface area contributed by atoms with Crippen LogP contribution in [0, 0.1) is 0 Å². The number of esters is 2. The Hall–Kier alpha value is -1.34. The lowest BCUT2D eigenvalue weighted by atomic mass is 10.1. The Kier molecular flexibility index (Phi) is 40.7. The Morgan fingerprint density at radius 3 is 0.750 bits per heavy atom. The number of hydrogen-bond donors (Lipinski definition) is 0. The van der Waals surface area contributed by atoms with Crippen molar-refractivity contribution in [2.24, 2.45) is 0 Å². The van der Waals surface area contributed by atoms with Crippen LogP contribution in [0.2, 0.25) is 0 Å². The normalized spacial score (nSPS) is 11.3. The maximum atomic E-state index is 11.8. The van der Waals surface area contributed by atoms with Crippen LogP contribution in [0.1, 0.15) is 123 Å². The minimum atomic E-state index is -0.144. The van der Waals surface area contributed by atoms with Crippen molar-refractivity contribution in [3.8, 4) is 0 Å². The van der Waals surface area contributed by atoms with Gasteiger partial charge < -0.3 is 42.6 Å². The molecule has 0 aromatic carbocycles. The van der Waals surface area contributed by atoms with Crippen LogP contribution < -0.4 is 0 Å². The number of carbonyl (C=O) groups is 2. The molecular weight excluding hydrogens is 620 g/mol. The van der Waals surface area contributed by atoms with Crippen molar-refractivity contribution in [2.75, 3.05) is 106 Å². The largest absolute Gasteiger partial charge is 0.463 e. The number of hydrogen-bond acceptors (Lipinski definition) is 11. The highest BCUT2D eigenvalue weighted by atomic mass is 16.6. The van der Waals surface area contributed by atoms with Crippen molar-refractivity contribution < 1.29 is 52.2 Å². The van der Waals surface area contributed by atoms with Gasteiger partial charge in [-0.05, 0) is 12.8 Å². The first-order chi connectivity index (χ1) is 23.7. The van der Waals surface area contributed by atoms with E-state index in [0.29, 0.717) is 105 Å². The fourth-order valence-electron chi connectivity index (χ4n) is 4.62. The molecule has 0 bridgehead atoms. The van der Waals surface area contributed by atoms with Crippen LogP contribution in [0.3, 0.4) is 0 Å². The summed E-state index contributed by atoms with van der Waals surface area (Å²) in [6.07, 6.45) is 19.0. The summed E-state index contributed by atoms with van der Waals surface area (Å²) in [6.45, 7) is 11.5. The van der Waals surface area contributed by atoms with Crippen molar-refractivity contribution in [2.45, 2.75) is 123 Å². The van der Waals surface area contributed by atoms with Gasteiger partial charge in [0.15, 0.2) is 0 Å². The van der Waals surface area contributed by atoms with E-state index in [1.165, 1.54) is 70.6 Å². The lowest BCUT2D eigenvalue weighted by Gasteiger charge is -2.09. The Morgan fingerprint density at radius 2 is 0.500 bits per heavy atom. The highest BCUT2D eigenvalue weighted by molar-refractivity contribution is 5.69. The lowest BCUT2D eigenvalue weighted by Crippen LogP contribution is -2.15. The van der Waals surface area contributed by atoms with Gasteiger partial charge in [-0.1, -0.05) is 97.3 Å². The summed E-state index contributed by atoms with van der Waals surface area (Å²) in [4.78, 5) is 23.4. The van der Waals surface area contributed by atoms with Crippen LogP contribution in [0.15, 0.2) is 0 Å². The summed E-state index contributed by atoms with van der Waals surface area (Å²) in [5, 5.41) is 0. The highest BCUT2D eigenvalue weighted by Gasteiger charge is 2.04. The van der Waals surface area contributed by atoms with E-state index in [4.69, 9.17) is 42.6 Å². The second kappa shape index (κ2) is 41.8. The molecule has 0 N–H and O–H groups in total. The zero-order chi connectivity index (χ0) is 34.9. The van der Waals surface area contributed by atoms with E-state index in [-0.39, 0.29) is 25.2 Å². The third-order valence-electron chi connectivity index (χ3n) is 7.43. The molecule has 0 aromatic rings. The van der Waals surface area contributed by atoms with Gasteiger partial charge in [0, 0.05) is 12.8 Å². The fraction of sp³-hybridized carbons (Fsp3) is 0.946. The van der Waals surface area contributed by atoms with Gasteiger partial charge >= 0.3 is 11.9 Å². The molecule has 0 spiro atoms. The molecule has 0 aromatic heterocycles. The van der Waals surface area contributed by atoms with Crippen LogP contribution in [-0.4, -0.2) is 118 Å². The van der Waals surface area contributed by atoms with E-state index in [1.54, 1.807) is 0 Å². The summed E-state index contributed by atoms with van der Waals surface area (Å²) in [7, 11) is 0. The Morgan fingerprint density at radius 1 is 0.292 bits per heavy atom. The molecule has 0 aliphatic rings. The lowest BCUT2D eigenvalue weighted by molar-refractivity contribution is -0.146. The van der Waals surface area contributed by atoms with Crippen LogP contribution in [0.4, 0.5) is 0 Å². The highest BCUT2D eigenvalue weighted by Crippen LogP contribution is 2.11. The van der Waals surface area contributed by atoms with Gasteiger partial charge in [-0.25, -0.2) is 0 Å². The van der Waals surface area contributed by atoms with Gasteiger partial charge in [0.1, 0.15) is 13.2 Å². The van der Waals surface area contributed by atoms with Gasteiger partial charge in [0.2, 0.25) is 0 Å². The molecule has 0 rings (SSSR count). The Bertz CT molecular complexity index is 651. The molecule has 286 valence electrons. The molecule has 11 heteroatoms. The van der Waals surface area contributed by atoms with Gasteiger partial charge in [-0.3, -0.25) is 9.59 Å². The fourth-order valence-corrected chi connectivity index (χ4v) is 4.62. The molecule has 0 amide bonds. The minimum Gasteiger partial charge on any atom is -0.463 e. The molecule has 0 saturated heterocycles. The van der Waals surface area contributed by atoms with Crippen LogP contribution >= 0.6 is 0 Å². The zero-order valence-corrected chi connectivity index (χ0v) is 30.8. The predicted octanol–water partition coefficient (Wildman–Crippen LogP) is 6.86. The van der Waals surface area contributed by atoms with Crippen LogP contribution in [0.25, 0.3) is 0 Å². The molecule has 0 radical (unpaired) electrons. The summed E-state index contributed by atoms with van der Waals surface area (Å²) >= 11 is 0. The van der Waals surface area contributed by atoms with Gasteiger partial charge in [0.25, 0.3) is 0 Å². The van der Waals surface area contributed by atoms with E-state index >= 15 is 0 Å². The molecule has 48 heavy (non-hydrogen) atoms. The first-order valence-electron chi connectivity index (χ1n) is 19.1. The van der Waals surface area contributed by atoms with E-state index in [9.17, 15) is 9.59 Å². The molecule has 0 unspecified atom stereocenters. The summed E-state index contributed by atoms with van der Waals surface area (Å²) in [6, 6.07) is 0. The Balaban J connectivity index is 3.16. The summed E-state index contributed by atoms with van der Waals surface area (Å²) in [5.41, 5.74) is 0. The monoisotopic (exact) mass is 693 g/mol. The first kappa shape index (κ1) is 46.7. The second-order valence-corrected chi connectivity index (χ2v) is 11.8. The van der Waals surface area contributed by atoms with Crippen molar-refractivity contribution in [1.82, 2.24) is 0 Å². The molecule has 0 aliphatic heterocycles. The SMILES string of the molecule is CCCCCCCCCCCC(=O)OCCOCCOCCOCCOCCOCCOCCOCCOC(=O)CCCCCCCC. The number of ether oxygens (including phenoxy) is 9. The van der Waals surface area contributed by atoms with E-state index < -0.39 is 0 Å². The molecule has 0 saturated carbocycles. The third-order valence-corrected chi connectivity index (χ3v) is 7.43. The van der Waals surface area contributed by atoms with E-state index in [0.717, 1.165) is 25.7 Å². The average Bonchev–Trinajstić information content (AvgIpc) is 3.09. The van der Waals surface area contributed by atoms with Gasteiger partial charge in [0.05, 0.1) is 92.5 Å². The van der Waals surface area contributed by atoms with Crippen LogP contribution in [0.5, 0.6) is 0 Å². The predicted molar refractivity (Wildman–Crippen MR) is 187 cm³/mol. The first-order valence-corrected chi connectivity index (χ1v) is 19.1. The molecule has 0 fully saturated rings. The quantitative estimate of drug-likeness (QED) is 0.0494. The zero-order valence-electron chi connectivity index (χ0n) is 30.8. The maximum absolute atomic E-state index is 11.8. The van der Waals surface area contributed by atoms with Crippen molar-refractivity contribution in [3.63, 3.8) is 0 Å². The standard InChI is InChI=1S/C37H72O11/c1-3-5-7-9-11-12-13-15-17-19-37(39)48-35-33-46-31-29-44-27-25-42-23-21-40-20-22-41-24-26-43-28-30-45-32-34-47-36(38)18-16-14-10-8-6-4-2/h3-35H2,1-2H3.